The molecule has 1 aliphatic rings. The van der Waals surface area contributed by atoms with Crippen LogP contribution in [0, 0.1) is 0 Å². The van der Waals surface area contributed by atoms with Crippen molar-refractivity contribution < 1.29 is 8.78 Å². The van der Waals surface area contributed by atoms with E-state index in [1.807, 2.05) is 12.1 Å². The molecule has 0 aliphatic carbocycles. The Morgan fingerprint density at radius 1 is 1.15 bits per heavy atom. The Morgan fingerprint density at radius 3 is 2.40 bits per heavy atom. The lowest BCUT2D eigenvalue weighted by molar-refractivity contribution is -0.0245. The summed E-state index contributed by atoms with van der Waals surface area (Å²) in [6.07, 6.45) is 0. The lowest BCUT2D eigenvalue weighted by Crippen LogP contribution is -2.51. The summed E-state index contributed by atoms with van der Waals surface area (Å²) in [5.74, 6) is -2.82. The zero-order chi connectivity index (χ0) is 14.8. The molecule has 0 radical (unpaired) electrons. The first-order valence-corrected chi connectivity index (χ1v) is 7.18. The quantitative estimate of drug-likeness (QED) is 0.924. The molecule has 0 saturated carbocycles. The molecule has 20 heavy (non-hydrogen) atoms. The second kappa shape index (κ2) is 6.43. The van der Waals surface area contributed by atoms with E-state index >= 15 is 0 Å². The van der Waals surface area contributed by atoms with Crippen LogP contribution < -0.4 is 10.6 Å². The Balaban J connectivity index is 1.96. The fourth-order valence-electron chi connectivity index (χ4n) is 2.28. The van der Waals surface area contributed by atoms with Gasteiger partial charge in [-0.2, -0.15) is 0 Å². The third-order valence-electron chi connectivity index (χ3n) is 3.40. The Hall–Kier alpha value is -0.620. The second-order valence-electron chi connectivity index (χ2n) is 4.90. The van der Waals surface area contributed by atoms with E-state index in [-0.39, 0.29) is 6.54 Å². The van der Waals surface area contributed by atoms with E-state index in [0.717, 1.165) is 5.69 Å². The molecule has 0 atom stereocenters. The summed E-state index contributed by atoms with van der Waals surface area (Å²) in [6.45, 7) is 1.48. The number of benzene rings is 1. The molecule has 7 heteroatoms. The van der Waals surface area contributed by atoms with Crippen LogP contribution >= 0.6 is 23.2 Å². The highest BCUT2D eigenvalue weighted by atomic mass is 35.5. The maximum absolute atomic E-state index is 13.3. The molecule has 0 spiro atoms. The van der Waals surface area contributed by atoms with Gasteiger partial charge in [-0.05, 0) is 12.1 Å². The van der Waals surface area contributed by atoms with E-state index in [0.29, 0.717) is 36.2 Å². The van der Waals surface area contributed by atoms with Crippen LogP contribution in [0.1, 0.15) is 0 Å². The number of rotatable bonds is 4. The molecular formula is C13H17Cl2F2N3. The van der Waals surface area contributed by atoms with Gasteiger partial charge in [-0.25, -0.2) is 8.78 Å². The molecule has 2 rings (SSSR count). The molecular weight excluding hydrogens is 307 g/mol. The predicted octanol–water partition coefficient (Wildman–Crippen LogP) is 2.71. The third-order valence-corrected chi connectivity index (χ3v) is 4.21. The highest BCUT2D eigenvalue weighted by Gasteiger charge is 2.31. The summed E-state index contributed by atoms with van der Waals surface area (Å²) in [6, 6.07) is 5.45. The average molecular weight is 324 g/mol. The SMILES string of the molecule is NCC(F)(F)CN1CCN(c2cccc(Cl)c2Cl)CC1. The molecule has 1 aliphatic heterocycles. The zero-order valence-corrected chi connectivity index (χ0v) is 12.5. The van der Waals surface area contributed by atoms with E-state index < -0.39 is 12.5 Å². The van der Waals surface area contributed by atoms with Gasteiger partial charge in [0.25, 0.3) is 5.92 Å². The van der Waals surface area contributed by atoms with Gasteiger partial charge in [-0.15, -0.1) is 0 Å². The topological polar surface area (TPSA) is 32.5 Å². The van der Waals surface area contributed by atoms with Crippen molar-refractivity contribution in [3.63, 3.8) is 0 Å². The molecule has 0 unspecified atom stereocenters. The Bertz CT molecular complexity index is 463. The van der Waals surface area contributed by atoms with Crippen LogP contribution in [0.3, 0.4) is 0 Å². The van der Waals surface area contributed by atoms with Crippen molar-refractivity contribution in [1.82, 2.24) is 4.90 Å². The Morgan fingerprint density at radius 2 is 1.80 bits per heavy atom. The number of halogens is 4. The van der Waals surface area contributed by atoms with Gasteiger partial charge in [0.15, 0.2) is 0 Å². The molecule has 2 N–H and O–H groups in total. The molecule has 1 aromatic carbocycles. The summed E-state index contributed by atoms with van der Waals surface area (Å²) in [5, 5.41) is 1.01. The van der Waals surface area contributed by atoms with Crippen molar-refractivity contribution in [3.8, 4) is 0 Å². The van der Waals surface area contributed by atoms with Crippen molar-refractivity contribution in [2.24, 2.45) is 5.73 Å². The summed E-state index contributed by atoms with van der Waals surface area (Å²) in [4.78, 5) is 3.78. The number of nitrogens with two attached hydrogens (primary N) is 1. The molecule has 1 fully saturated rings. The highest BCUT2D eigenvalue weighted by Crippen LogP contribution is 2.33. The number of nitrogens with zero attached hydrogens (tertiary/aromatic N) is 2. The molecule has 1 heterocycles. The van der Waals surface area contributed by atoms with Gasteiger partial charge in [0.1, 0.15) is 0 Å². The standard InChI is InChI=1S/C13H17Cl2F2N3/c14-10-2-1-3-11(12(10)15)20-6-4-19(5-7-20)9-13(16,17)8-18/h1-3H,4-9,18H2. The monoisotopic (exact) mass is 323 g/mol. The van der Waals surface area contributed by atoms with Gasteiger partial charge in [-0.3, -0.25) is 4.90 Å². The van der Waals surface area contributed by atoms with Crippen molar-refractivity contribution in [2.45, 2.75) is 5.92 Å². The fraction of sp³-hybridized carbons (Fsp3) is 0.538. The van der Waals surface area contributed by atoms with E-state index in [1.165, 1.54) is 0 Å². The van der Waals surface area contributed by atoms with Gasteiger partial charge in [-0.1, -0.05) is 29.3 Å². The minimum atomic E-state index is -2.82. The minimum Gasteiger partial charge on any atom is -0.368 e. The smallest absolute Gasteiger partial charge is 0.272 e. The zero-order valence-electron chi connectivity index (χ0n) is 11.0. The summed E-state index contributed by atoms with van der Waals surface area (Å²) >= 11 is 12.2. The van der Waals surface area contributed by atoms with E-state index in [9.17, 15) is 8.78 Å². The highest BCUT2D eigenvalue weighted by molar-refractivity contribution is 6.43. The van der Waals surface area contributed by atoms with Gasteiger partial charge in [0, 0.05) is 26.2 Å². The maximum atomic E-state index is 13.3. The van der Waals surface area contributed by atoms with Crippen LogP contribution in [0.2, 0.25) is 10.0 Å². The van der Waals surface area contributed by atoms with Crippen molar-refractivity contribution in [1.29, 1.82) is 0 Å². The normalized spacial score (nSPS) is 17.6. The Kier molecular flexibility index (Phi) is 5.07. The maximum Gasteiger partial charge on any atom is 0.272 e. The van der Waals surface area contributed by atoms with Crippen molar-refractivity contribution in [2.75, 3.05) is 44.2 Å². The van der Waals surface area contributed by atoms with Gasteiger partial charge >= 0.3 is 0 Å². The van der Waals surface area contributed by atoms with Crippen LogP contribution in [0.4, 0.5) is 14.5 Å². The number of piperazine rings is 1. The van der Waals surface area contributed by atoms with Crippen LogP contribution in [-0.4, -0.2) is 50.1 Å². The Labute approximate surface area is 127 Å². The number of hydrogen-bond donors (Lipinski definition) is 1. The summed E-state index contributed by atoms with van der Waals surface area (Å²) < 4.78 is 26.5. The minimum absolute atomic E-state index is 0.291. The van der Waals surface area contributed by atoms with Crippen LogP contribution in [-0.2, 0) is 0 Å². The molecule has 112 valence electrons. The van der Waals surface area contributed by atoms with E-state index in [1.54, 1.807) is 11.0 Å². The summed E-state index contributed by atoms with van der Waals surface area (Å²) in [7, 11) is 0. The lowest BCUT2D eigenvalue weighted by Gasteiger charge is -2.37. The number of alkyl halides is 2. The molecule has 3 nitrogen and oxygen atoms in total. The third kappa shape index (κ3) is 3.73. The fourth-order valence-corrected chi connectivity index (χ4v) is 2.69. The van der Waals surface area contributed by atoms with Crippen molar-refractivity contribution in [3.05, 3.63) is 28.2 Å². The largest absolute Gasteiger partial charge is 0.368 e. The van der Waals surface area contributed by atoms with E-state index in [4.69, 9.17) is 28.9 Å². The van der Waals surface area contributed by atoms with E-state index in [2.05, 4.69) is 4.90 Å². The number of hydrogen-bond acceptors (Lipinski definition) is 3. The predicted molar refractivity (Wildman–Crippen MR) is 79.1 cm³/mol. The van der Waals surface area contributed by atoms with Crippen molar-refractivity contribution >= 4 is 28.9 Å². The molecule has 1 saturated heterocycles. The summed E-state index contributed by atoms with van der Waals surface area (Å²) in [5.41, 5.74) is 5.91. The molecule has 0 bridgehead atoms. The van der Waals surface area contributed by atoms with Crippen LogP contribution in [0.5, 0.6) is 0 Å². The molecule has 0 amide bonds. The average Bonchev–Trinajstić information content (AvgIpc) is 2.43. The first kappa shape index (κ1) is 15.8. The van der Waals surface area contributed by atoms with Gasteiger partial charge in [0.2, 0.25) is 0 Å². The van der Waals surface area contributed by atoms with Gasteiger partial charge < -0.3 is 10.6 Å². The first-order chi connectivity index (χ1) is 9.43. The lowest BCUT2D eigenvalue weighted by atomic mass is 10.2. The second-order valence-corrected chi connectivity index (χ2v) is 5.68. The molecule has 0 aromatic heterocycles. The molecule has 1 aromatic rings. The number of anilines is 1. The van der Waals surface area contributed by atoms with Crippen LogP contribution in [0.15, 0.2) is 18.2 Å². The van der Waals surface area contributed by atoms with Gasteiger partial charge in [0.05, 0.1) is 28.8 Å². The first-order valence-electron chi connectivity index (χ1n) is 6.42. The van der Waals surface area contributed by atoms with Crippen LogP contribution in [0.25, 0.3) is 0 Å².